The van der Waals surface area contributed by atoms with E-state index in [1.54, 1.807) is 22.7 Å². The second-order valence-electron chi connectivity index (χ2n) is 5.80. The Bertz CT molecular complexity index is 664. The van der Waals surface area contributed by atoms with Crippen LogP contribution < -0.4 is 5.32 Å². The van der Waals surface area contributed by atoms with Gasteiger partial charge in [-0.2, -0.15) is 0 Å². The van der Waals surface area contributed by atoms with Crippen molar-refractivity contribution in [1.29, 1.82) is 0 Å². The van der Waals surface area contributed by atoms with Crippen LogP contribution in [0, 0.1) is 6.92 Å². The van der Waals surface area contributed by atoms with Gasteiger partial charge in [0.2, 0.25) is 0 Å². The topological polar surface area (TPSA) is 58.1 Å². The summed E-state index contributed by atoms with van der Waals surface area (Å²) >= 11 is 3.18. The number of carbonyl (C=O) groups is 1. The first kappa shape index (κ1) is 15.4. The van der Waals surface area contributed by atoms with E-state index in [9.17, 15) is 4.79 Å². The van der Waals surface area contributed by atoms with E-state index in [1.165, 1.54) is 4.88 Å². The molecule has 1 N–H and O–H groups in total. The van der Waals surface area contributed by atoms with Crippen molar-refractivity contribution in [2.45, 2.75) is 45.6 Å². The first-order chi connectivity index (χ1) is 10.5. The molecule has 2 aromatic rings. The highest BCUT2D eigenvalue weighted by Gasteiger charge is 2.31. The van der Waals surface area contributed by atoms with E-state index in [0.717, 1.165) is 30.1 Å². The van der Waals surface area contributed by atoms with Crippen molar-refractivity contribution in [1.82, 2.24) is 14.9 Å². The van der Waals surface area contributed by atoms with E-state index in [-0.39, 0.29) is 12.1 Å². The average Bonchev–Trinajstić information content (AvgIpc) is 3.16. The smallest absolute Gasteiger partial charge is 0.316 e. The van der Waals surface area contributed by atoms with E-state index in [1.807, 2.05) is 18.0 Å². The van der Waals surface area contributed by atoms with Crippen molar-refractivity contribution < 1.29 is 4.79 Å². The number of urea groups is 1. The summed E-state index contributed by atoms with van der Waals surface area (Å²) in [5, 5.41) is 6.72. The molecule has 0 bridgehead atoms. The summed E-state index contributed by atoms with van der Waals surface area (Å²) in [6.07, 6.45) is 3.84. The van der Waals surface area contributed by atoms with Gasteiger partial charge in [-0.3, -0.25) is 5.32 Å². The maximum Gasteiger partial charge on any atom is 0.324 e. The number of anilines is 1. The quantitative estimate of drug-likeness (QED) is 0.903. The normalized spacial score (nSPS) is 18.2. The van der Waals surface area contributed by atoms with Gasteiger partial charge in [-0.25, -0.2) is 14.8 Å². The lowest BCUT2D eigenvalue weighted by atomic mass is 10.2. The molecule has 0 spiro atoms. The Hall–Kier alpha value is -1.47. The van der Waals surface area contributed by atoms with Gasteiger partial charge in [0, 0.05) is 23.0 Å². The van der Waals surface area contributed by atoms with Gasteiger partial charge in [-0.15, -0.1) is 22.7 Å². The lowest BCUT2D eigenvalue weighted by molar-refractivity contribution is 0.206. The number of aryl methyl sites for hydroxylation is 1. The number of hydrogen-bond donors (Lipinski definition) is 1. The summed E-state index contributed by atoms with van der Waals surface area (Å²) in [6, 6.07) is 0.0206. The molecular formula is C15H20N4OS2. The lowest BCUT2D eigenvalue weighted by Crippen LogP contribution is -2.34. The van der Waals surface area contributed by atoms with E-state index in [4.69, 9.17) is 0 Å². The Morgan fingerprint density at radius 3 is 2.95 bits per heavy atom. The third kappa shape index (κ3) is 3.15. The van der Waals surface area contributed by atoms with Crippen LogP contribution in [0.4, 0.5) is 9.93 Å². The first-order valence-corrected chi connectivity index (χ1v) is 9.19. The number of carbonyl (C=O) groups excluding carboxylic acids is 1. The van der Waals surface area contributed by atoms with Crippen molar-refractivity contribution in [3.8, 4) is 0 Å². The molecule has 1 fully saturated rings. The van der Waals surface area contributed by atoms with Crippen molar-refractivity contribution in [2.75, 3.05) is 11.9 Å². The molecule has 118 valence electrons. The summed E-state index contributed by atoms with van der Waals surface area (Å²) in [6.45, 7) is 7.02. The fraction of sp³-hybridized carbons (Fsp3) is 0.533. The van der Waals surface area contributed by atoms with Gasteiger partial charge in [0.05, 0.1) is 16.7 Å². The van der Waals surface area contributed by atoms with Crippen LogP contribution in [0.25, 0.3) is 0 Å². The summed E-state index contributed by atoms with van der Waals surface area (Å²) in [5.74, 6) is 0.431. The molecule has 1 unspecified atom stereocenters. The highest BCUT2D eigenvalue weighted by Crippen LogP contribution is 2.33. The molecule has 2 amide bonds. The van der Waals surface area contributed by atoms with Crippen LogP contribution in [-0.4, -0.2) is 27.4 Å². The third-order valence-corrected chi connectivity index (χ3v) is 5.80. The highest BCUT2D eigenvalue weighted by molar-refractivity contribution is 7.15. The standard InChI is InChI=1S/C15H20N4OS2/c1-9(2)13-7-16-14(22-13)18-15(20)19-6-4-5-12(19)11-8-21-10(3)17-11/h7-9,12H,4-6H2,1-3H3,(H,16,18,20). The van der Waals surface area contributed by atoms with Gasteiger partial charge in [0.1, 0.15) is 0 Å². The number of aromatic nitrogens is 2. The van der Waals surface area contributed by atoms with Gasteiger partial charge < -0.3 is 4.90 Å². The largest absolute Gasteiger partial charge is 0.324 e. The SMILES string of the molecule is Cc1nc(C2CCCN2C(=O)Nc2ncc(C(C)C)s2)cs1. The summed E-state index contributed by atoms with van der Waals surface area (Å²) < 4.78 is 0. The van der Waals surface area contributed by atoms with Crippen LogP contribution in [0.2, 0.25) is 0 Å². The second-order valence-corrected chi connectivity index (χ2v) is 7.92. The Morgan fingerprint density at radius 2 is 2.32 bits per heavy atom. The van der Waals surface area contributed by atoms with Gasteiger partial charge in [-0.05, 0) is 25.7 Å². The Balaban J connectivity index is 1.70. The first-order valence-electron chi connectivity index (χ1n) is 7.50. The fourth-order valence-electron chi connectivity index (χ4n) is 2.63. The molecule has 0 saturated carbocycles. The molecule has 3 rings (SSSR count). The average molecular weight is 336 g/mol. The Labute approximate surface area is 138 Å². The zero-order chi connectivity index (χ0) is 15.7. The fourth-order valence-corrected chi connectivity index (χ4v) is 4.09. The predicted octanol–water partition coefficient (Wildman–Crippen LogP) is 4.40. The van der Waals surface area contributed by atoms with Gasteiger partial charge in [0.15, 0.2) is 5.13 Å². The number of likely N-dealkylation sites (tertiary alicyclic amines) is 1. The third-order valence-electron chi connectivity index (χ3n) is 3.80. The number of rotatable bonds is 3. The maximum absolute atomic E-state index is 12.5. The minimum Gasteiger partial charge on any atom is -0.316 e. The highest BCUT2D eigenvalue weighted by atomic mass is 32.1. The number of amides is 2. The number of nitrogens with zero attached hydrogens (tertiary/aromatic N) is 3. The molecular weight excluding hydrogens is 316 g/mol. The zero-order valence-electron chi connectivity index (χ0n) is 13.0. The molecule has 1 aliphatic heterocycles. The lowest BCUT2D eigenvalue weighted by Gasteiger charge is -2.23. The second kappa shape index (κ2) is 6.34. The van der Waals surface area contributed by atoms with Crippen LogP contribution in [0.5, 0.6) is 0 Å². The van der Waals surface area contributed by atoms with E-state index in [0.29, 0.717) is 11.0 Å². The van der Waals surface area contributed by atoms with Crippen LogP contribution in [0.1, 0.15) is 54.2 Å². The molecule has 0 aliphatic carbocycles. The monoisotopic (exact) mass is 336 g/mol. The summed E-state index contributed by atoms with van der Waals surface area (Å²) in [4.78, 5) is 24.4. The number of nitrogens with one attached hydrogen (secondary N) is 1. The van der Waals surface area contributed by atoms with Crippen LogP contribution in [-0.2, 0) is 0 Å². The minimum absolute atomic E-state index is 0.0715. The molecule has 22 heavy (non-hydrogen) atoms. The van der Waals surface area contributed by atoms with Crippen molar-refractivity contribution in [2.24, 2.45) is 0 Å². The van der Waals surface area contributed by atoms with Crippen LogP contribution in [0.15, 0.2) is 11.6 Å². The predicted molar refractivity (Wildman–Crippen MR) is 90.8 cm³/mol. The van der Waals surface area contributed by atoms with Crippen LogP contribution in [0.3, 0.4) is 0 Å². The Kier molecular flexibility index (Phi) is 4.44. The van der Waals surface area contributed by atoms with E-state index >= 15 is 0 Å². The number of thiazole rings is 2. The Morgan fingerprint density at radius 1 is 1.50 bits per heavy atom. The van der Waals surface area contributed by atoms with Gasteiger partial charge >= 0.3 is 6.03 Å². The van der Waals surface area contributed by atoms with E-state index < -0.39 is 0 Å². The summed E-state index contributed by atoms with van der Waals surface area (Å²) in [7, 11) is 0. The summed E-state index contributed by atoms with van der Waals surface area (Å²) in [5.41, 5.74) is 1.01. The van der Waals surface area contributed by atoms with Crippen LogP contribution >= 0.6 is 22.7 Å². The molecule has 1 saturated heterocycles. The molecule has 3 heterocycles. The van der Waals surface area contributed by atoms with Crippen molar-refractivity contribution in [3.05, 3.63) is 27.2 Å². The maximum atomic E-state index is 12.5. The minimum atomic E-state index is -0.0715. The zero-order valence-corrected chi connectivity index (χ0v) is 14.6. The number of hydrogen-bond acceptors (Lipinski definition) is 5. The van der Waals surface area contributed by atoms with Crippen molar-refractivity contribution in [3.63, 3.8) is 0 Å². The van der Waals surface area contributed by atoms with Gasteiger partial charge in [0.25, 0.3) is 0 Å². The van der Waals surface area contributed by atoms with Gasteiger partial charge in [-0.1, -0.05) is 13.8 Å². The molecule has 1 atom stereocenters. The molecule has 7 heteroatoms. The molecule has 0 aromatic carbocycles. The molecule has 5 nitrogen and oxygen atoms in total. The molecule has 1 aliphatic rings. The molecule has 0 radical (unpaired) electrons. The molecule has 2 aromatic heterocycles. The van der Waals surface area contributed by atoms with Crippen molar-refractivity contribution >= 4 is 33.8 Å². The van der Waals surface area contributed by atoms with E-state index in [2.05, 4.69) is 34.5 Å².